The summed E-state index contributed by atoms with van der Waals surface area (Å²) in [5.74, 6) is 2.73. The van der Waals surface area contributed by atoms with Gasteiger partial charge in [0, 0.05) is 12.5 Å². The van der Waals surface area contributed by atoms with E-state index >= 15 is 0 Å². The lowest BCUT2D eigenvalue weighted by Crippen LogP contribution is -2.45. The Balaban J connectivity index is 1.43. The molecule has 4 rings (SSSR count). The van der Waals surface area contributed by atoms with Gasteiger partial charge in [-0.2, -0.15) is 0 Å². The summed E-state index contributed by atoms with van der Waals surface area (Å²) in [4.78, 5) is 12.9. The van der Waals surface area contributed by atoms with Crippen molar-refractivity contribution in [3.05, 3.63) is 90.0 Å². The maximum Gasteiger partial charge on any atom is 0.220 e. The Hall–Kier alpha value is -3.31. The van der Waals surface area contributed by atoms with E-state index in [1.807, 2.05) is 54.6 Å². The van der Waals surface area contributed by atoms with Gasteiger partial charge in [0.2, 0.25) is 5.91 Å². The molecule has 0 bridgehead atoms. The maximum absolute atomic E-state index is 12.9. The SMILES string of the molecule is COc1ccccc1Oc1cccc(CC(NC(=O)CCc2ccccc2)C2CCNCC2)c1. The molecule has 1 heterocycles. The normalized spacial score (nSPS) is 14.9. The molecular weight excluding hydrogens is 424 g/mol. The predicted molar refractivity (Wildman–Crippen MR) is 136 cm³/mol. The molecule has 1 saturated heterocycles. The third-order valence-electron chi connectivity index (χ3n) is 6.43. The van der Waals surface area contributed by atoms with Crippen LogP contribution in [0.5, 0.6) is 17.2 Å². The van der Waals surface area contributed by atoms with Crippen molar-refractivity contribution in [3.8, 4) is 17.2 Å². The minimum Gasteiger partial charge on any atom is -0.493 e. The molecule has 178 valence electrons. The molecule has 0 aromatic heterocycles. The van der Waals surface area contributed by atoms with Crippen molar-refractivity contribution in [3.63, 3.8) is 0 Å². The van der Waals surface area contributed by atoms with Gasteiger partial charge in [-0.05, 0) is 80.1 Å². The fourth-order valence-corrected chi connectivity index (χ4v) is 4.58. The lowest BCUT2D eigenvalue weighted by Gasteiger charge is -2.31. The molecule has 1 atom stereocenters. The van der Waals surface area contributed by atoms with Crippen LogP contribution in [0.25, 0.3) is 0 Å². The molecule has 3 aromatic rings. The number of para-hydroxylation sites is 2. The molecular formula is C29H34N2O3. The monoisotopic (exact) mass is 458 g/mol. The second-order valence-corrected chi connectivity index (χ2v) is 8.85. The van der Waals surface area contributed by atoms with E-state index in [0.29, 0.717) is 23.8 Å². The summed E-state index contributed by atoms with van der Waals surface area (Å²) >= 11 is 0. The summed E-state index contributed by atoms with van der Waals surface area (Å²) < 4.78 is 11.5. The molecule has 1 fully saturated rings. The zero-order valence-electron chi connectivity index (χ0n) is 19.8. The molecule has 1 unspecified atom stereocenters. The number of piperidine rings is 1. The van der Waals surface area contributed by atoms with Crippen LogP contribution in [-0.2, 0) is 17.6 Å². The van der Waals surface area contributed by atoms with Crippen LogP contribution in [0, 0.1) is 5.92 Å². The van der Waals surface area contributed by atoms with Gasteiger partial charge in [0.15, 0.2) is 11.5 Å². The second kappa shape index (κ2) is 12.2. The Labute approximate surface area is 202 Å². The van der Waals surface area contributed by atoms with Gasteiger partial charge in [0.25, 0.3) is 0 Å². The molecule has 1 aliphatic rings. The van der Waals surface area contributed by atoms with Crippen LogP contribution in [0.15, 0.2) is 78.9 Å². The average Bonchev–Trinajstić information content (AvgIpc) is 2.89. The van der Waals surface area contributed by atoms with E-state index in [1.165, 1.54) is 5.56 Å². The van der Waals surface area contributed by atoms with E-state index in [2.05, 4.69) is 34.9 Å². The molecule has 0 aliphatic carbocycles. The Morgan fingerprint density at radius 2 is 1.65 bits per heavy atom. The number of benzene rings is 3. The Bertz CT molecular complexity index is 1050. The Morgan fingerprint density at radius 3 is 2.41 bits per heavy atom. The van der Waals surface area contributed by atoms with Crippen molar-refractivity contribution in [2.24, 2.45) is 5.92 Å². The summed E-state index contributed by atoms with van der Waals surface area (Å²) in [5.41, 5.74) is 2.34. The van der Waals surface area contributed by atoms with Gasteiger partial charge in [0.1, 0.15) is 5.75 Å². The van der Waals surface area contributed by atoms with E-state index in [9.17, 15) is 4.79 Å². The van der Waals surface area contributed by atoms with Crippen LogP contribution in [0.2, 0.25) is 0 Å². The van der Waals surface area contributed by atoms with Crippen LogP contribution in [0.3, 0.4) is 0 Å². The average molecular weight is 459 g/mol. The molecule has 0 radical (unpaired) electrons. The quantitative estimate of drug-likeness (QED) is 0.441. The minimum absolute atomic E-state index is 0.104. The highest BCUT2D eigenvalue weighted by molar-refractivity contribution is 5.76. The fraction of sp³-hybridized carbons (Fsp3) is 0.345. The molecule has 5 nitrogen and oxygen atoms in total. The van der Waals surface area contributed by atoms with Crippen molar-refractivity contribution < 1.29 is 14.3 Å². The van der Waals surface area contributed by atoms with E-state index < -0.39 is 0 Å². The van der Waals surface area contributed by atoms with Crippen LogP contribution < -0.4 is 20.1 Å². The van der Waals surface area contributed by atoms with E-state index in [-0.39, 0.29) is 11.9 Å². The summed E-state index contributed by atoms with van der Waals surface area (Å²) in [6.07, 6.45) is 4.18. The number of hydrogen-bond acceptors (Lipinski definition) is 4. The van der Waals surface area contributed by atoms with Crippen LogP contribution >= 0.6 is 0 Å². The Morgan fingerprint density at radius 1 is 0.941 bits per heavy atom. The molecule has 0 spiro atoms. The number of amides is 1. The largest absolute Gasteiger partial charge is 0.493 e. The maximum atomic E-state index is 12.9. The van der Waals surface area contributed by atoms with Gasteiger partial charge in [-0.1, -0.05) is 54.6 Å². The van der Waals surface area contributed by atoms with Crippen molar-refractivity contribution in [1.29, 1.82) is 0 Å². The highest BCUT2D eigenvalue weighted by atomic mass is 16.5. The first-order chi connectivity index (χ1) is 16.7. The molecule has 1 aliphatic heterocycles. The summed E-state index contributed by atoms with van der Waals surface area (Å²) in [6, 6.07) is 26.1. The summed E-state index contributed by atoms with van der Waals surface area (Å²) in [5, 5.41) is 6.80. The van der Waals surface area contributed by atoms with Crippen molar-refractivity contribution >= 4 is 5.91 Å². The topological polar surface area (TPSA) is 59.6 Å². The zero-order valence-corrected chi connectivity index (χ0v) is 19.8. The number of methoxy groups -OCH3 is 1. The first-order valence-corrected chi connectivity index (χ1v) is 12.1. The third kappa shape index (κ3) is 6.84. The van der Waals surface area contributed by atoms with Gasteiger partial charge in [-0.15, -0.1) is 0 Å². The van der Waals surface area contributed by atoms with Gasteiger partial charge in [-0.25, -0.2) is 0 Å². The fourth-order valence-electron chi connectivity index (χ4n) is 4.58. The first-order valence-electron chi connectivity index (χ1n) is 12.1. The minimum atomic E-state index is 0.104. The molecule has 3 aromatic carbocycles. The smallest absolute Gasteiger partial charge is 0.220 e. The number of nitrogens with one attached hydrogen (secondary N) is 2. The molecule has 34 heavy (non-hydrogen) atoms. The van der Waals surface area contributed by atoms with Crippen molar-refractivity contribution in [2.45, 2.75) is 38.1 Å². The number of carbonyl (C=O) groups excluding carboxylic acids is 1. The lowest BCUT2D eigenvalue weighted by atomic mass is 9.86. The second-order valence-electron chi connectivity index (χ2n) is 8.85. The van der Waals surface area contributed by atoms with E-state index in [4.69, 9.17) is 9.47 Å². The van der Waals surface area contributed by atoms with Gasteiger partial charge < -0.3 is 20.1 Å². The standard InChI is InChI=1S/C29H34N2O3/c1-33-27-12-5-6-13-28(27)34-25-11-7-10-23(20-25)21-26(24-16-18-30-19-17-24)31-29(32)15-14-22-8-3-2-4-9-22/h2-13,20,24,26,30H,14-19,21H2,1H3,(H,31,32). The van der Waals surface area contributed by atoms with E-state index in [0.717, 1.165) is 50.1 Å². The zero-order chi connectivity index (χ0) is 23.6. The van der Waals surface area contributed by atoms with Gasteiger partial charge in [0.05, 0.1) is 7.11 Å². The number of carbonyl (C=O) groups is 1. The molecule has 2 N–H and O–H groups in total. The van der Waals surface area contributed by atoms with Crippen LogP contribution in [0.1, 0.15) is 30.4 Å². The highest BCUT2D eigenvalue weighted by Crippen LogP contribution is 2.31. The lowest BCUT2D eigenvalue weighted by molar-refractivity contribution is -0.122. The number of aryl methyl sites for hydroxylation is 1. The first kappa shape index (κ1) is 23.8. The van der Waals surface area contributed by atoms with Gasteiger partial charge >= 0.3 is 0 Å². The number of ether oxygens (including phenoxy) is 2. The summed E-state index contributed by atoms with van der Waals surface area (Å²) in [7, 11) is 1.64. The van der Waals surface area contributed by atoms with Crippen molar-refractivity contribution in [2.75, 3.05) is 20.2 Å². The molecule has 0 saturated carbocycles. The van der Waals surface area contributed by atoms with Gasteiger partial charge in [-0.3, -0.25) is 4.79 Å². The van der Waals surface area contributed by atoms with Crippen molar-refractivity contribution in [1.82, 2.24) is 10.6 Å². The molecule has 1 amide bonds. The third-order valence-corrected chi connectivity index (χ3v) is 6.43. The number of hydrogen-bond donors (Lipinski definition) is 2. The molecule has 5 heteroatoms. The highest BCUT2D eigenvalue weighted by Gasteiger charge is 2.25. The summed E-state index contributed by atoms with van der Waals surface area (Å²) in [6.45, 7) is 2.00. The van der Waals surface area contributed by atoms with Crippen LogP contribution in [0.4, 0.5) is 0 Å². The predicted octanol–water partition coefficient (Wildman–Crippen LogP) is 5.15. The van der Waals surface area contributed by atoms with E-state index in [1.54, 1.807) is 7.11 Å². The van der Waals surface area contributed by atoms with Crippen LogP contribution in [-0.4, -0.2) is 32.1 Å². The number of rotatable bonds is 10. The Kier molecular flexibility index (Phi) is 8.58.